The van der Waals surface area contributed by atoms with E-state index in [0.29, 0.717) is 17.7 Å². The van der Waals surface area contributed by atoms with Gasteiger partial charge in [0, 0.05) is 60.9 Å². The maximum Gasteiger partial charge on any atom is 0.251 e. The molecule has 0 spiro atoms. The fraction of sp³-hybridized carbons (Fsp3) is 0.286. The highest BCUT2D eigenvalue weighted by Gasteiger charge is 2.48. The number of allylic oxidation sites excluding steroid dienone is 3. The molecule has 0 aromatic heterocycles. The first kappa shape index (κ1) is 38.9. The fourth-order valence-electron chi connectivity index (χ4n) is 6.98. The number of terminal acetylenes is 2. The standard InChI is InChI=1S/C29H31N3O2.C8H9NO.2C2H2.CH4O/c1-18(23-17-30-28(33)19(23)2)22-11-6-8-13-25(22)32-20(3)26-16-21-10-5-7-12-24(21)31(26)27-14-9-15-29(32,4)34-27;1-9-8(10)7-5-3-2-4-6-7;3*1-2/h5-8,10-13,27H,2,9,14-17H2,1,3-4H3,(H,30,33);2-6H,1H3,(H,9,10);2*1-2H;2H,1H3/b23-18+;;;;/t27-,29+;;;;/m1..../s1. The number of hydrogen-bond donors (Lipinski definition) is 3. The molecule has 0 radical (unpaired) electrons. The minimum absolute atomic E-state index is 0.0281. The number of nitrogens with zero attached hydrogens (tertiary/aromatic N) is 2. The van der Waals surface area contributed by atoms with Crippen molar-refractivity contribution >= 4 is 28.8 Å². The number of carbonyl (C=O) groups excluding carboxylic acids is 2. The second-order valence-corrected chi connectivity index (χ2v) is 11.9. The Morgan fingerprint density at radius 3 is 2.20 bits per heavy atom. The Bertz CT molecular complexity index is 1780. The minimum Gasteiger partial charge on any atom is -0.400 e. The van der Waals surface area contributed by atoms with Gasteiger partial charge >= 0.3 is 0 Å². The van der Waals surface area contributed by atoms with E-state index in [1.54, 1.807) is 19.2 Å². The van der Waals surface area contributed by atoms with Crippen molar-refractivity contribution in [2.24, 2.45) is 0 Å². The van der Waals surface area contributed by atoms with E-state index in [4.69, 9.17) is 9.84 Å². The van der Waals surface area contributed by atoms with Crippen LogP contribution in [0.25, 0.3) is 5.57 Å². The number of aliphatic hydroxyl groups excluding tert-OH is 1. The smallest absolute Gasteiger partial charge is 0.251 e. The van der Waals surface area contributed by atoms with Crippen LogP contribution in [-0.2, 0) is 16.0 Å². The summed E-state index contributed by atoms with van der Waals surface area (Å²) in [5, 5.41) is 12.5. The molecule has 0 unspecified atom stereocenters. The zero-order valence-electron chi connectivity index (χ0n) is 29.7. The SMILES string of the molecule is C#C.C#C.C=C1C(=O)NC/C1=C(/C)c1ccccc1N1C(C)=C2Cc3ccccc3N2[C@H]2CCC[C@]1(C)O2.CNC(=O)c1ccccc1.CO. The van der Waals surface area contributed by atoms with Gasteiger partial charge in [-0.05, 0) is 81.0 Å². The molecule has 0 aliphatic carbocycles. The van der Waals surface area contributed by atoms with Crippen molar-refractivity contribution in [3.63, 3.8) is 0 Å². The molecular formula is C42H48N4O4. The van der Waals surface area contributed by atoms with Crippen LogP contribution in [0.4, 0.5) is 11.4 Å². The molecule has 0 saturated carbocycles. The number of aliphatic hydroxyl groups is 1. The summed E-state index contributed by atoms with van der Waals surface area (Å²) in [6, 6.07) is 26.3. The van der Waals surface area contributed by atoms with E-state index < -0.39 is 5.72 Å². The molecule has 8 heteroatoms. The Morgan fingerprint density at radius 2 is 1.58 bits per heavy atom. The van der Waals surface area contributed by atoms with Crippen molar-refractivity contribution in [1.82, 2.24) is 10.6 Å². The summed E-state index contributed by atoms with van der Waals surface area (Å²) in [6.07, 6.45) is 20.0. The van der Waals surface area contributed by atoms with Crippen LogP contribution < -0.4 is 20.4 Å². The molecule has 4 heterocycles. The van der Waals surface area contributed by atoms with E-state index in [2.05, 4.69) is 122 Å². The summed E-state index contributed by atoms with van der Waals surface area (Å²) in [5.41, 5.74) is 10.3. The summed E-state index contributed by atoms with van der Waals surface area (Å²) in [6.45, 7) is 11.1. The van der Waals surface area contributed by atoms with Gasteiger partial charge in [-0.2, -0.15) is 0 Å². The fourth-order valence-corrected chi connectivity index (χ4v) is 6.98. The van der Waals surface area contributed by atoms with Crippen LogP contribution in [0, 0.1) is 25.7 Å². The third kappa shape index (κ3) is 7.68. The van der Waals surface area contributed by atoms with Crippen molar-refractivity contribution in [3.8, 4) is 25.7 Å². The van der Waals surface area contributed by atoms with Crippen molar-refractivity contribution in [3.05, 3.63) is 125 Å². The quantitative estimate of drug-likeness (QED) is 0.213. The number of benzene rings is 3. The van der Waals surface area contributed by atoms with Crippen LogP contribution in [0.3, 0.4) is 0 Å². The van der Waals surface area contributed by atoms with Crippen molar-refractivity contribution in [1.29, 1.82) is 0 Å². The van der Waals surface area contributed by atoms with Gasteiger partial charge in [-0.1, -0.05) is 61.2 Å². The normalized spacial score (nSPS) is 20.6. The van der Waals surface area contributed by atoms with Gasteiger partial charge < -0.3 is 30.3 Å². The van der Waals surface area contributed by atoms with Crippen molar-refractivity contribution in [2.75, 3.05) is 30.5 Å². The van der Waals surface area contributed by atoms with Gasteiger partial charge in [-0.25, -0.2) is 0 Å². The summed E-state index contributed by atoms with van der Waals surface area (Å²) >= 11 is 0. The van der Waals surface area contributed by atoms with E-state index in [9.17, 15) is 9.59 Å². The molecular weight excluding hydrogens is 624 g/mol. The third-order valence-corrected chi connectivity index (χ3v) is 9.22. The Morgan fingerprint density at radius 1 is 0.980 bits per heavy atom. The van der Waals surface area contributed by atoms with Gasteiger partial charge in [0.1, 0.15) is 12.0 Å². The second-order valence-electron chi connectivity index (χ2n) is 11.9. The zero-order valence-corrected chi connectivity index (χ0v) is 29.7. The second kappa shape index (κ2) is 17.7. The van der Waals surface area contributed by atoms with Crippen LogP contribution in [-0.4, -0.2) is 49.6 Å². The highest BCUT2D eigenvalue weighted by molar-refractivity contribution is 6.04. The number of anilines is 2. The van der Waals surface area contributed by atoms with E-state index in [0.717, 1.165) is 55.2 Å². The van der Waals surface area contributed by atoms with E-state index in [1.165, 1.54) is 22.6 Å². The molecule has 2 fully saturated rings. The summed E-state index contributed by atoms with van der Waals surface area (Å²) < 4.78 is 6.95. The number of nitrogens with one attached hydrogen (secondary N) is 2. The van der Waals surface area contributed by atoms with E-state index in [-0.39, 0.29) is 18.0 Å². The minimum atomic E-state index is -0.457. The Hall–Kier alpha value is -5.54. The van der Waals surface area contributed by atoms with Gasteiger partial charge in [0.15, 0.2) is 0 Å². The molecule has 4 aliphatic heterocycles. The molecule has 8 nitrogen and oxygen atoms in total. The molecule has 2 amide bonds. The molecule has 7 rings (SSSR count). The number of fused-ring (bicyclic) bond motifs is 6. The topological polar surface area (TPSA) is 94.1 Å². The lowest BCUT2D eigenvalue weighted by Gasteiger charge is -2.47. The van der Waals surface area contributed by atoms with Gasteiger partial charge in [0.25, 0.3) is 11.8 Å². The average molecular weight is 673 g/mol. The number of amides is 2. The summed E-state index contributed by atoms with van der Waals surface area (Å²) in [7, 11) is 2.62. The van der Waals surface area contributed by atoms with Crippen LogP contribution in [0.15, 0.2) is 108 Å². The first-order valence-corrected chi connectivity index (χ1v) is 16.4. The number of para-hydroxylation sites is 2. The molecule has 260 valence electrons. The molecule has 2 saturated heterocycles. The Balaban J connectivity index is 0.000000357. The number of hydrogen-bond acceptors (Lipinski definition) is 6. The average Bonchev–Trinajstić information content (AvgIpc) is 3.72. The van der Waals surface area contributed by atoms with Crippen LogP contribution in [0.2, 0.25) is 0 Å². The van der Waals surface area contributed by atoms with Gasteiger partial charge in [-0.3, -0.25) is 9.59 Å². The third-order valence-electron chi connectivity index (χ3n) is 9.22. The van der Waals surface area contributed by atoms with Crippen LogP contribution in [0.5, 0.6) is 0 Å². The highest BCUT2D eigenvalue weighted by Crippen LogP contribution is 2.49. The lowest BCUT2D eigenvalue weighted by molar-refractivity contribution is -0.116. The first-order valence-electron chi connectivity index (χ1n) is 16.4. The number of ether oxygens (including phenoxy) is 1. The number of rotatable bonds is 3. The summed E-state index contributed by atoms with van der Waals surface area (Å²) in [5.74, 6) is -0.120. The first-order chi connectivity index (χ1) is 24.2. The maximum atomic E-state index is 12.1. The van der Waals surface area contributed by atoms with E-state index in [1.807, 2.05) is 18.2 Å². The maximum absolute atomic E-state index is 12.1. The van der Waals surface area contributed by atoms with Crippen molar-refractivity contribution < 1.29 is 19.4 Å². The number of carbonyl (C=O) groups is 2. The molecule has 50 heavy (non-hydrogen) atoms. The lowest BCUT2D eigenvalue weighted by Crippen LogP contribution is -2.52. The van der Waals surface area contributed by atoms with Gasteiger partial charge in [0.05, 0.1) is 5.69 Å². The highest BCUT2D eigenvalue weighted by atomic mass is 16.5. The van der Waals surface area contributed by atoms with Crippen LogP contribution in [0.1, 0.15) is 61.5 Å². The molecule has 2 atom stereocenters. The lowest BCUT2D eigenvalue weighted by atomic mass is 9.94. The molecule has 3 aromatic carbocycles. The van der Waals surface area contributed by atoms with Crippen molar-refractivity contribution in [2.45, 2.75) is 58.4 Å². The monoisotopic (exact) mass is 672 g/mol. The van der Waals surface area contributed by atoms with Gasteiger partial charge in [0.2, 0.25) is 0 Å². The van der Waals surface area contributed by atoms with Gasteiger partial charge in [-0.15, -0.1) is 25.7 Å². The predicted octanol–water partition coefficient (Wildman–Crippen LogP) is 6.66. The largest absolute Gasteiger partial charge is 0.400 e. The molecule has 2 bridgehead atoms. The Labute approximate surface area is 297 Å². The Kier molecular flexibility index (Phi) is 13.8. The molecule has 3 aromatic rings. The summed E-state index contributed by atoms with van der Waals surface area (Å²) in [4.78, 5) is 27.9. The molecule has 4 aliphatic rings. The molecule has 3 N–H and O–H groups in total. The van der Waals surface area contributed by atoms with Crippen LogP contribution >= 0.6 is 0 Å². The van der Waals surface area contributed by atoms with E-state index >= 15 is 0 Å². The predicted molar refractivity (Wildman–Crippen MR) is 204 cm³/mol. The zero-order chi connectivity index (χ0) is 37.0.